The van der Waals surface area contributed by atoms with E-state index in [4.69, 9.17) is 23.2 Å². The van der Waals surface area contributed by atoms with E-state index < -0.39 is 0 Å². The van der Waals surface area contributed by atoms with E-state index in [1.54, 1.807) is 34.5 Å². The highest BCUT2D eigenvalue weighted by molar-refractivity contribution is 7.13. The molecule has 1 saturated heterocycles. The highest BCUT2D eigenvalue weighted by Gasteiger charge is 2.34. The topological polar surface area (TPSA) is 85.8 Å². The summed E-state index contributed by atoms with van der Waals surface area (Å²) in [7, 11) is 0. The molecule has 0 atom stereocenters. The summed E-state index contributed by atoms with van der Waals surface area (Å²) in [6, 6.07) is 14.4. The van der Waals surface area contributed by atoms with Crippen LogP contribution >= 0.6 is 34.5 Å². The lowest BCUT2D eigenvalue weighted by Gasteiger charge is -2.36. The SMILES string of the molecule is O=C(CN(C(=O)c1ccc(Cl)cc1)C1CC1)Nc1nc(CC(=O)N2CCN(c3cccc(Cl)c3)CC2)cs1. The zero-order valence-electron chi connectivity index (χ0n) is 20.6. The van der Waals surface area contributed by atoms with Crippen LogP contribution in [-0.4, -0.2) is 71.3 Å². The molecule has 0 radical (unpaired) electrons. The fourth-order valence-corrected chi connectivity index (χ4v) is 5.46. The maximum Gasteiger partial charge on any atom is 0.254 e. The monoisotopic (exact) mass is 571 g/mol. The Morgan fingerprint density at radius 1 is 1.00 bits per heavy atom. The molecule has 0 unspecified atom stereocenters. The Morgan fingerprint density at radius 2 is 1.74 bits per heavy atom. The van der Waals surface area contributed by atoms with Crippen molar-refractivity contribution in [1.29, 1.82) is 0 Å². The molecule has 5 rings (SSSR count). The molecule has 198 valence electrons. The number of piperazine rings is 1. The molecule has 1 aliphatic heterocycles. The summed E-state index contributed by atoms with van der Waals surface area (Å²) < 4.78 is 0. The van der Waals surface area contributed by atoms with Crippen LogP contribution in [0.2, 0.25) is 10.0 Å². The number of aromatic nitrogens is 1. The van der Waals surface area contributed by atoms with Gasteiger partial charge in [-0.1, -0.05) is 29.3 Å². The first-order valence-electron chi connectivity index (χ1n) is 12.4. The van der Waals surface area contributed by atoms with Crippen LogP contribution in [0.1, 0.15) is 28.9 Å². The predicted molar refractivity (Wildman–Crippen MR) is 150 cm³/mol. The number of nitrogens with one attached hydrogen (secondary N) is 1. The molecule has 0 spiro atoms. The van der Waals surface area contributed by atoms with Crippen LogP contribution < -0.4 is 10.2 Å². The van der Waals surface area contributed by atoms with Crippen LogP contribution in [0.5, 0.6) is 0 Å². The number of thiazole rings is 1. The highest BCUT2D eigenvalue weighted by Crippen LogP contribution is 2.29. The Hall–Kier alpha value is -3.14. The van der Waals surface area contributed by atoms with Gasteiger partial charge in [0.1, 0.15) is 6.54 Å². The maximum atomic E-state index is 13.0. The first kappa shape index (κ1) is 26.5. The summed E-state index contributed by atoms with van der Waals surface area (Å²) in [5.41, 5.74) is 2.17. The van der Waals surface area contributed by atoms with Crippen LogP contribution in [0.25, 0.3) is 0 Å². The lowest BCUT2D eigenvalue weighted by atomic mass is 10.2. The molecule has 2 aliphatic rings. The summed E-state index contributed by atoms with van der Waals surface area (Å²) in [5, 5.41) is 6.23. The standard InChI is InChI=1S/C27H27Cl2N5O3S/c28-19-6-4-18(5-7-19)26(37)34(22-8-9-22)16-24(35)31-27-30-21(17-38-27)15-25(36)33-12-10-32(11-13-33)23-3-1-2-20(29)14-23/h1-7,14,17,22H,8-13,15-16H2,(H,30,31,35). The van der Waals surface area contributed by atoms with Crippen molar-refractivity contribution in [3.63, 3.8) is 0 Å². The third-order valence-corrected chi connectivity index (χ3v) is 7.88. The molecule has 2 heterocycles. The van der Waals surface area contributed by atoms with E-state index in [1.165, 1.54) is 11.3 Å². The molecule has 3 aromatic rings. The molecule has 11 heteroatoms. The second kappa shape index (κ2) is 11.7. The fraction of sp³-hybridized carbons (Fsp3) is 0.333. The number of amides is 3. The lowest BCUT2D eigenvalue weighted by molar-refractivity contribution is -0.130. The van der Waals surface area contributed by atoms with E-state index in [2.05, 4.69) is 15.2 Å². The number of rotatable bonds is 8. The van der Waals surface area contributed by atoms with Crippen molar-refractivity contribution >= 4 is 63.1 Å². The van der Waals surface area contributed by atoms with E-state index >= 15 is 0 Å². The Morgan fingerprint density at radius 3 is 2.42 bits per heavy atom. The number of carbonyl (C=O) groups is 3. The van der Waals surface area contributed by atoms with E-state index in [0.717, 1.165) is 31.6 Å². The van der Waals surface area contributed by atoms with Crippen LogP contribution in [0.3, 0.4) is 0 Å². The third kappa shape index (κ3) is 6.64. The number of carbonyl (C=O) groups excluding carboxylic acids is 3. The number of hydrogen-bond donors (Lipinski definition) is 1. The molecule has 38 heavy (non-hydrogen) atoms. The van der Waals surface area contributed by atoms with Crippen molar-refractivity contribution < 1.29 is 14.4 Å². The number of halogens is 2. The Bertz CT molecular complexity index is 1320. The maximum absolute atomic E-state index is 13.0. The normalized spacial score (nSPS) is 15.3. The van der Waals surface area contributed by atoms with Crippen molar-refractivity contribution in [2.45, 2.75) is 25.3 Å². The van der Waals surface area contributed by atoms with Crippen molar-refractivity contribution in [2.24, 2.45) is 0 Å². The summed E-state index contributed by atoms with van der Waals surface area (Å²) in [6.45, 7) is 2.65. The van der Waals surface area contributed by atoms with Gasteiger partial charge in [-0.05, 0) is 55.3 Å². The minimum Gasteiger partial charge on any atom is -0.368 e. The van der Waals surface area contributed by atoms with E-state index in [1.807, 2.05) is 29.2 Å². The molecule has 1 aromatic heterocycles. The largest absolute Gasteiger partial charge is 0.368 e. The van der Waals surface area contributed by atoms with E-state index in [9.17, 15) is 14.4 Å². The predicted octanol–water partition coefficient (Wildman–Crippen LogP) is 4.58. The molecule has 1 N–H and O–H groups in total. The average Bonchev–Trinajstić information content (AvgIpc) is 3.67. The van der Waals surface area contributed by atoms with Crippen LogP contribution in [0.15, 0.2) is 53.9 Å². The van der Waals surface area contributed by atoms with Gasteiger partial charge in [-0.2, -0.15) is 0 Å². The fourth-order valence-electron chi connectivity index (χ4n) is 4.42. The molecular weight excluding hydrogens is 545 g/mol. The molecular formula is C27H27Cl2N5O3S. The number of nitrogens with zero attached hydrogens (tertiary/aromatic N) is 4. The minimum atomic E-state index is -0.316. The van der Waals surface area contributed by atoms with Crippen molar-refractivity contribution in [3.05, 3.63) is 75.2 Å². The molecule has 2 fully saturated rings. The number of anilines is 2. The van der Waals surface area contributed by atoms with Gasteiger partial charge in [-0.15, -0.1) is 11.3 Å². The average molecular weight is 573 g/mol. The first-order valence-corrected chi connectivity index (χ1v) is 14.1. The van der Waals surface area contributed by atoms with Crippen LogP contribution in [-0.2, 0) is 16.0 Å². The Labute approximate surface area is 235 Å². The van der Waals surface area contributed by atoms with Gasteiger partial charge in [0.15, 0.2) is 5.13 Å². The second-order valence-corrected chi connectivity index (χ2v) is 11.1. The van der Waals surface area contributed by atoms with E-state index in [-0.39, 0.29) is 36.7 Å². The molecule has 1 saturated carbocycles. The van der Waals surface area contributed by atoms with Gasteiger partial charge in [0.25, 0.3) is 5.91 Å². The van der Waals surface area contributed by atoms with Crippen molar-refractivity contribution in [3.8, 4) is 0 Å². The molecule has 2 aromatic carbocycles. The van der Waals surface area contributed by atoms with E-state index in [0.29, 0.717) is 39.5 Å². The van der Waals surface area contributed by atoms with Crippen LogP contribution in [0, 0.1) is 0 Å². The quantitative estimate of drug-likeness (QED) is 0.427. The summed E-state index contributed by atoms with van der Waals surface area (Å²) in [6.07, 6.45) is 1.93. The van der Waals surface area contributed by atoms with Crippen molar-refractivity contribution in [1.82, 2.24) is 14.8 Å². The first-order chi connectivity index (χ1) is 18.4. The van der Waals surface area contributed by atoms with Gasteiger partial charge in [0.05, 0.1) is 12.1 Å². The smallest absolute Gasteiger partial charge is 0.254 e. The summed E-state index contributed by atoms with van der Waals surface area (Å²) in [4.78, 5) is 48.7. The molecule has 3 amide bonds. The minimum absolute atomic E-state index is 0.00684. The highest BCUT2D eigenvalue weighted by atomic mass is 35.5. The molecule has 0 bridgehead atoms. The van der Waals surface area contributed by atoms with Gasteiger partial charge in [0.2, 0.25) is 11.8 Å². The Balaban J connectivity index is 1.11. The van der Waals surface area contributed by atoms with Gasteiger partial charge >= 0.3 is 0 Å². The second-order valence-electron chi connectivity index (χ2n) is 9.39. The Kier molecular flexibility index (Phi) is 8.16. The summed E-state index contributed by atoms with van der Waals surface area (Å²) >= 11 is 13.3. The molecule has 8 nitrogen and oxygen atoms in total. The zero-order valence-corrected chi connectivity index (χ0v) is 22.9. The third-order valence-electron chi connectivity index (χ3n) is 6.59. The van der Waals surface area contributed by atoms with Crippen LogP contribution in [0.4, 0.5) is 10.8 Å². The molecule has 1 aliphatic carbocycles. The number of hydrogen-bond acceptors (Lipinski definition) is 6. The van der Waals surface area contributed by atoms with Gasteiger partial charge < -0.3 is 20.0 Å². The van der Waals surface area contributed by atoms with Gasteiger partial charge in [-0.25, -0.2) is 4.98 Å². The summed E-state index contributed by atoms with van der Waals surface area (Å²) in [5.74, 6) is -0.504. The van der Waals surface area contributed by atoms with Crippen molar-refractivity contribution in [2.75, 3.05) is 42.9 Å². The van der Waals surface area contributed by atoms with Gasteiger partial charge in [0, 0.05) is 58.9 Å². The zero-order chi connectivity index (χ0) is 26.6. The lowest BCUT2D eigenvalue weighted by Crippen LogP contribution is -2.49. The number of benzene rings is 2. The van der Waals surface area contributed by atoms with Gasteiger partial charge in [-0.3, -0.25) is 14.4 Å².